The summed E-state index contributed by atoms with van der Waals surface area (Å²) in [5.41, 5.74) is 1.95. The summed E-state index contributed by atoms with van der Waals surface area (Å²) in [5.74, 6) is 0. The van der Waals surface area contributed by atoms with Gasteiger partial charge >= 0.3 is 0 Å². The van der Waals surface area contributed by atoms with Crippen molar-refractivity contribution in [1.29, 1.82) is 0 Å². The van der Waals surface area contributed by atoms with Gasteiger partial charge in [0.05, 0.1) is 23.8 Å². The Hall–Kier alpha value is -2.32. The van der Waals surface area contributed by atoms with Gasteiger partial charge in [0.15, 0.2) is 0 Å². The summed E-state index contributed by atoms with van der Waals surface area (Å²) in [6.07, 6.45) is 2.57. The van der Waals surface area contributed by atoms with E-state index >= 15 is 0 Å². The molecule has 8 nitrogen and oxygen atoms in total. The van der Waals surface area contributed by atoms with Gasteiger partial charge in [0.25, 0.3) is 5.69 Å². The van der Waals surface area contributed by atoms with Crippen LogP contribution < -0.4 is 5.32 Å². The molecule has 2 rings (SSSR count). The van der Waals surface area contributed by atoms with E-state index in [9.17, 15) is 10.1 Å². The summed E-state index contributed by atoms with van der Waals surface area (Å²) in [4.78, 5) is 10.1. The van der Waals surface area contributed by atoms with Crippen molar-refractivity contribution in [1.82, 2.24) is 20.3 Å². The normalized spacial score (nSPS) is 10.7. The molecule has 1 heterocycles. The van der Waals surface area contributed by atoms with Crippen LogP contribution in [0.3, 0.4) is 0 Å². The second-order valence-corrected chi connectivity index (χ2v) is 4.55. The third kappa shape index (κ3) is 4.62. The number of aliphatic hydroxyl groups is 1. The van der Waals surface area contributed by atoms with Crippen molar-refractivity contribution >= 4 is 5.69 Å². The molecule has 0 atom stereocenters. The molecule has 0 saturated heterocycles. The summed E-state index contributed by atoms with van der Waals surface area (Å²) < 4.78 is 1.59. The molecular weight excluding hydrogens is 274 g/mol. The number of aliphatic hydroxyl groups excluding tert-OH is 1. The summed E-state index contributed by atoms with van der Waals surface area (Å²) in [7, 11) is 0. The van der Waals surface area contributed by atoms with Crippen LogP contribution in [0.2, 0.25) is 0 Å². The van der Waals surface area contributed by atoms with E-state index in [4.69, 9.17) is 5.11 Å². The number of hydrogen-bond acceptors (Lipinski definition) is 6. The number of nitrogens with one attached hydrogen (secondary N) is 1. The topological polar surface area (TPSA) is 106 Å². The van der Waals surface area contributed by atoms with E-state index in [-0.39, 0.29) is 12.3 Å². The van der Waals surface area contributed by atoms with Gasteiger partial charge in [0, 0.05) is 24.9 Å². The van der Waals surface area contributed by atoms with Crippen LogP contribution in [0.1, 0.15) is 11.3 Å². The first-order valence-electron chi connectivity index (χ1n) is 6.63. The lowest BCUT2D eigenvalue weighted by Gasteiger charge is -2.02. The average molecular weight is 291 g/mol. The third-order valence-electron chi connectivity index (χ3n) is 2.96. The molecule has 2 aromatic rings. The lowest BCUT2D eigenvalue weighted by atomic mass is 10.1. The molecular formula is C13H17N5O3. The molecule has 0 unspecified atom stereocenters. The summed E-state index contributed by atoms with van der Waals surface area (Å²) in [6, 6.07) is 6.54. The maximum atomic E-state index is 10.5. The Morgan fingerprint density at radius 3 is 2.76 bits per heavy atom. The van der Waals surface area contributed by atoms with Crippen LogP contribution in [-0.4, -0.2) is 38.2 Å². The van der Waals surface area contributed by atoms with Gasteiger partial charge in [0.1, 0.15) is 0 Å². The van der Waals surface area contributed by atoms with Gasteiger partial charge in [-0.3, -0.25) is 10.1 Å². The summed E-state index contributed by atoms with van der Waals surface area (Å²) >= 11 is 0. The number of aromatic nitrogens is 3. The molecule has 0 aliphatic heterocycles. The van der Waals surface area contributed by atoms with E-state index < -0.39 is 4.92 Å². The highest BCUT2D eigenvalue weighted by molar-refractivity contribution is 5.32. The van der Waals surface area contributed by atoms with Crippen molar-refractivity contribution in [2.75, 3.05) is 13.2 Å². The molecule has 0 bridgehead atoms. The first-order chi connectivity index (χ1) is 10.2. The van der Waals surface area contributed by atoms with Gasteiger partial charge in [-0.15, -0.1) is 5.10 Å². The summed E-state index contributed by atoms with van der Waals surface area (Å²) in [6.45, 7) is 1.81. The smallest absolute Gasteiger partial charge is 0.269 e. The molecule has 0 aliphatic rings. The molecule has 0 aliphatic carbocycles. The molecule has 0 fully saturated rings. The Morgan fingerprint density at radius 1 is 1.33 bits per heavy atom. The van der Waals surface area contributed by atoms with Crippen LogP contribution in [0.25, 0.3) is 0 Å². The second-order valence-electron chi connectivity index (χ2n) is 4.55. The number of hydrogen-bond donors (Lipinski definition) is 2. The molecule has 0 amide bonds. The zero-order valence-corrected chi connectivity index (χ0v) is 11.5. The molecule has 2 N–H and O–H groups in total. The number of nitro benzene ring substituents is 1. The number of nitro groups is 1. The van der Waals surface area contributed by atoms with E-state index in [1.165, 1.54) is 12.1 Å². The van der Waals surface area contributed by atoms with Crippen LogP contribution in [0, 0.1) is 10.1 Å². The molecule has 8 heteroatoms. The summed E-state index contributed by atoms with van der Waals surface area (Å²) in [5, 5.41) is 30.4. The molecule has 0 radical (unpaired) electrons. The van der Waals surface area contributed by atoms with E-state index in [1.807, 2.05) is 0 Å². The van der Waals surface area contributed by atoms with Crippen LogP contribution in [0.15, 0.2) is 30.5 Å². The van der Waals surface area contributed by atoms with Gasteiger partial charge in [-0.05, 0) is 18.5 Å². The number of benzene rings is 1. The monoisotopic (exact) mass is 291 g/mol. The number of rotatable bonds is 8. The highest BCUT2D eigenvalue weighted by atomic mass is 16.6. The van der Waals surface area contributed by atoms with Gasteiger partial charge < -0.3 is 10.4 Å². The van der Waals surface area contributed by atoms with Gasteiger partial charge in [0.2, 0.25) is 0 Å². The fraction of sp³-hybridized carbons (Fsp3) is 0.385. The Kier molecular flexibility index (Phi) is 5.35. The molecule has 0 saturated carbocycles. The highest BCUT2D eigenvalue weighted by Gasteiger charge is 2.04. The highest BCUT2D eigenvalue weighted by Crippen LogP contribution is 2.11. The zero-order valence-electron chi connectivity index (χ0n) is 11.5. The first-order valence-corrected chi connectivity index (χ1v) is 6.63. The molecule has 0 spiro atoms. The predicted molar refractivity (Wildman–Crippen MR) is 75.6 cm³/mol. The lowest BCUT2D eigenvalue weighted by Crippen LogP contribution is -2.16. The van der Waals surface area contributed by atoms with Crippen molar-refractivity contribution < 1.29 is 10.0 Å². The maximum Gasteiger partial charge on any atom is 0.269 e. The van der Waals surface area contributed by atoms with Crippen LogP contribution in [0.5, 0.6) is 0 Å². The van der Waals surface area contributed by atoms with E-state index in [1.54, 1.807) is 23.0 Å². The molecule has 1 aromatic carbocycles. The molecule has 112 valence electrons. The van der Waals surface area contributed by atoms with Crippen molar-refractivity contribution in [3.63, 3.8) is 0 Å². The van der Waals surface area contributed by atoms with E-state index in [2.05, 4.69) is 15.6 Å². The fourth-order valence-electron chi connectivity index (χ4n) is 1.86. The predicted octanol–water partition coefficient (Wildman–Crippen LogP) is 0.511. The first kappa shape index (κ1) is 15.1. The largest absolute Gasteiger partial charge is 0.394 e. The van der Waals surface area contributed by atoms with Gasteiger partial charge in [-0.1, -0.05) is 17.3 Å². The number of nitrogens with zero attached hydrogens (tertiary/aromatic N) is 4. The minimum absolute atomic E-state index is 0.0381. The molecule has 1 aromatic heterocycles. The second kappa shape index (κ2) is 7.46. The van der Waals surface area contributed by atoms with Crippen LogP contribution >= 0.6 is 0 Å². The van der Waals surface area contributed by atoms with Crippen molar-refractivity contribution in [3.8, 4) is 0 Å². The van der Waals surface area contributed by atoms with Crippen LogP contribution in [-0.2, 0) is 19.5 Å². The van der Waals surface area contributed by atoms with E-state index in [0.29, 0.717) is 13.1 Å². The van der Waals surface area contributed by atoms with Crippen LogP contribution in [0.4, 0.5) is 5.69 Å². The molecule has 21 heavy (non-hydrogen) atoms. The minimum atomic E-state index is -0.405. The van der Waals surface area contributed by atoms with Crippen molar-refractivity contribution in [2.24, 2.45) is 0 Å². The standard InChI is InChI=1S/C13H17N5O3/c19-8-7-17-10-12(15-16-17)9-14-6-5-11-1-3-13(4-2-11)18(20)21/h1-4,10,14,19H,5-9H2. The SMILES string of the molecule is O=[N+]([O-])c1ccc(CCNCc2cn(CCO)nn2)cc1. The average Bonchev–Trinajstić information content (AvgIpc) is 2.92. The minimum Gasteiger partial charge on any atom is -0.394 e. The number of non-ortho nitro benzene ring substituents is 1. The van der Waals surface area contributed by atoms with E-state index in [0.717, 1.165) is 24.2 Å². The van der Waals surface area contributed by atoms with Crippen molar-refractivity contribution in [2.45, 2.75) is 19.5 Å². The Labute approximate surface area is 121 Å². The Bertz CT molecular complexity index is 582. The third-order valence-corrected chi connectivity index (χ3v) is 2.96. The van der Waals surface area contributed by atoms with Crippen molar-refractivity contribution in [3.05, 3.63) is 51.8 Å². The lowest BCUT2D eigenvalue weighted by molar-refractivity contribution is -0.384. The zero-order chi connectivity index (χ0) is 15.1. The van der Waals surface area contributed by atoms with Gasteiger partial charge in [-0.2, -0.15) is 0 Å². The quantitative estimate of drug-likeness (QED) is 0.417. The maximum absolute atomic E-state index is 10.5. The Balaban J connectivity index is 1.72. The Morgan fingerprint density at radius 2 is 2.10 bits per heavy atom. The fourth-order valence-corrected chi connectivity index (χ4v) is 1.86. The van der Waals surface area contributed by atoms with Gasteiger partial charge in [-0.25, -0.2) is 4.68 Å².